The smallest absolute Gasteiger partial charge is 0.349 e. The number of carbonyl (C=O) groups excluding carboxylic acids is 2. The number of halogens is 1. The third kappa shape index (κ3) is 3.70. The van der Waals surface area contributed by atoms with Crippen LogP contribution in [0.5, 0.6) is 0 Å². The molecule has 126 valence electrons. The monoisotopic (exact) mass is 356 g/mol. The molecule has 0 bridgehead atoms. The number of rotatable bonds is 2. The van der Waals surface area contributed by atoms with Crippen molar-refractivity contribution in [2.75, 3.05) is 0 Å². The van der Waals surface area contributed by atoms with Crippen LogP contribution in [0, 0.1) is 6.92 Å². The summed E-state index contributed by atoms with van der Waals surface area (Å²) in [7, 11) is 0. The van der Waals surface area contributed by atoms with Gasteiger partial charge in [0.1, 0.15) is 11.1 Å². The summed E-state index contributed by atoms with van der Waals surface area (Å²) in [6.45, 7) is 1.90. The fraction of sp³-hybridized carbons (Fsp3) is 0.0556. The number of carbonyl (C=O) groups is 2. The molecule has 0 saturated heterocycles. The number of amides is 2. The minimum atomic E-state index is -0.808. The number of benzene rings is 2. The molecule has 0 aliphatic carbocycles. The van der Waals surface area contributed by atoms with Crippen molar-refractivity contribution in [1.82, 2.24) is 10.9 Å². The lowest BCUT2D eigenvalue weighted by Crippen LogP contribution is -2.43. The van der Waals surface area contributed by atoms with Gasteiger partial charge in [-0.25, -0.2) is 4.79 Å². The molecular weight excluding hydrogens is 344 g/mol. The molecule has 0 aliphatic heterocycles. The molecule has 2 N–H and O–H groups in total. The van der Waals surface area contributed by atoms with E-state index in [0.29, 0.717) is 21.6 Å². The Hall–Kier alpha value is -3.12. The molecule has 0 radical (unpaired) electrons. The van der Waals surface area contributed by atoms with Crippen LogP contribution in [-0.2, 0) is 0 Å². The van der Waals surface area contributed by atoms with E-state index in [1.165, 1.54) is 6.07 Å². The predicted molar refractivity (Wildman–Crippen MR) is 93.6 cm³/mol. The number of hydrogen-bond acceptors (Lipinski definition) is 4. The van der Waals surface area contributed by atoms with Gasteiger partial charge in [0.05, 0.1) is 0 Å². The Morgan fingerprint density at radius 2 is 1.64 bits per heavy atom. The van der Waals surface area contributed by atoms with Crippen molar-refractivity contribution >= 4 is 34.4 Å². The van der Waals surface area contributed by atoms with Crippen LogP contribution >= 0.6 is 11.6 Å². The SMILES string of the molecule is Cc1ccc(C(=O)NNC(=O)c2cc3cc(Cl)ccc3oc2=O)cc1. The largest absolute Gasteiger partial charge is 0.422 e. The molecule has 0 unspecified atom stereocenters. The number of nitrogens with one attached hydrogen (secondary N) is 2. The summed E-state index contributed by atoms with van der Waals surface area (Å²) in [5.41, 5.74) is 5.11. The molecule has 2 aromatic carbocycles. The zero-order chi connectivity index (χ0) is 18.0. The zero-order valence-electron chi connectivity index (χ0n) is 13.1. The molecule has 2 amide bonds. The normalized spacial score (nSPS) is 10.5. The minimum absolute atomic E-state index is 0.237. The number of aryl methyl sites for hydroxylation is 1. The molecule has 0 spiro atoms. The van der Waals surface area contributed by atoms with Gasteiger partial charge in [-0.1, -0.05) is 29.3 Å². The average Bonchev–Trinajstić information content (AvgIpc) is 2.59. The molecule has 0 atom stereocenters. The first-order valence-corrected chi connectivity index (χ1v) is 7.72. The maximum Gasteiger partial charge on any atom is 0.349 e. The van der Waals surface area contributed by atoms with E-state index in [1.54, 1.807) is 42.5 Å². The highest BCUT2D eigenvalue weighted by molar-refractivity contribution is 6.31. The lowest BCUT2D eigenvalue weighted by molar-refractivity contribution is 0.0844. The van der Waals surface area contributed by atoms with Gasteiger partial charge in [-0.15, -0.1) is 0 Å². The second-order valence-electron chi connectivity index (χ2n) is 5.40. The van der Waals surface area contributed by atoms with Crippen LogP contribution < -0.4 is 16.5 Å². The van der Waals surface area contributed by atoms with Gasteiger partial charge in [-0.2, -0.15) is 0 Å². The first kappa shape index (κ1) is 16.7. The highest BCUT2D eigenvalue weighted by atomic mass is 35.5. The van der Waals surface area contributed by atoms with Crippen LogP contribution in [0.3, 0.4) is 0 Å². The Bertz CT molecular complexity index is 1030. The van der Waals surface area contributed by atoms with Crippen molar-refractivity contribution in [3.63, 3.8) is 0 Å². The van der Waals surface area contributed by atoms with E-state index < -0.39 is 17.4 Å². The summed E-state index contributed by atoms with van der Waals surface area (Å²) in [4.78, 5) is 36.1. The van der Waals surface area contributed by atoms with Gasteiger partial charge < -0.3 is 4.42 Å². The van der Waals surface area contributed by atoms with E-state index in [-0.39, 0.29) is 5.56 Å². The first-order valence-electron chi connectivity index (χ1n) is 7.35. The predicted octanol–water partition coefficient (Wildman–Crippen LogP) is 2.83. The number of hydrazine groups is 1. The van der Waals surface area contributed by atoms with Crippen LogP contribution in [0.4, 0.5) is 0 Å². The van der Waals surface area contributed by atoms with E-state index in [4.69, 9.17) is 16.0 Å². The fourth-order valence-electron chi connectivity index (χ4n) is 2.21. The second kappa shape index (κ2) is 6.78. The lowest BCUT2D eigenvalue weighted by atomic mass is 10.1. The average molecular weight is 357 g/mol. The van der Waals surface area contributed by atoms with E-state index in [0.717, 1.165) is 5.56 Å². The Morgan fingerprint density at radius 1 is 0.960 bits per heavy atom. The second-order valence-corrected chi connectivity index (χ2v) is 5.84. The summed E-state index contributed by atoms with van der Waals surface area (Å²) >= 11 is 5.89. The van der Waals surface area contributed by atoms with Gasteiger partial charge in [-0.05, 0) is 43.3 Å². The molecule has 0 aliphatic rings. The van der Waals surface area contributed by atoms with Crippen LogP contribution in [-0.4, -0.2) is 11.8 Å². The summed E-state index contributed by atoms with van der Waals surface area (Å²) < 4.78 is 5.09. The quantitative estimate of drug-likeness (QED) is 0.546. The van der Waals surface area contributed by atoms with Gasteiger partial charge in [0.15, 0.2) is 0 Å². The fourth-order valence-corrected chi connectivity index (χ4v) is 2.39. The third-order valence-electron chi connectivity index (χ3n) is 3.54. The Balaban J connectivity index is 1.78. The Morgan fingerprint density at radius 3 is 2.36 bits per heavy atom. The molecule has 6 nitrogen and oxygen atoms in total. The lowest BCUT2D eigenvalue weighted by Gasteiger charge is -2.07. The van der Waals surface area contributed by atoms with E-state index in [1.807, 2.05) is 6.92 Å². The maximum atomic E-state index is 12.2. The maximum absolute atomic E-state index is 12.2. The standard InChI is InChI=1S/C18H13ClN2O4/c1-10-2-4-11(5-3-10)16(22)20-21-17(23)14-9-12-8-13(19)6-7-15(12)25-18(14)24/h2-9H,1H3,(H,20,22)(H,21,23). The van der Waals surface area contributed by atoms with Crippen LogP contribution in [0.15, 0.2) is 57.7 Å². The van der Waals surface area contributed by atoms with Gasteiger partial charge in [0.2, 0.25) is 0 Å². The first-order chi connectivity index (χ1) is 11.9. The van der Waals surface area contributed by atoms with E-state index >= 15 is 0 Å². The van der Waals surface area contributed by atoms with Crippen LogP contribution in [0.2, 0.25) is 5.02 Å². The minimum Gasteiger partial charge on any atom is -0.422 e. The van der Waals surface area contributed by atoms with Crippen molar-refractivity contribution in [3.05, 3.63) is 80.7 Å². The van der Waals surface area contributed by atoms with Gasteiger partial charge in [0.25, 0.3) is 11.8 Å². The molecule has 0 fully saturated rings. The zero-order valence-corrected chi connectivity index (χ0v) is 13.9. The van der Waals surface area contributed by atoms with E-state index in [9.17, 15) is 14.4 Å². The molecule has 1 heterocycles. The molecule has 25 heavy (non-hydrogen) atoms. The molecule has 1 aromatic heterocycles. The van der Waals surface area contributed by atoms with Crippen LogP contribution in [0.25, 0.3) is 11.0 Å². The summed E-state index contributed by atoms with van der Waals surface area (Å²) in [5, 5.41) is 0.947. The molecule has 3 aromatic rings. The van der Waals surface area contributed by atoms with Crippen molar-refractivity contribution in [1.29, 1.82) is 0 Å². The summed E-state index contributed by atoms with van der Waals surface area (Å²) in [5.74, 6) is -1.28. The van der Waals surface area contributed by atoms with E-state index in [2.05, 4.69) is 10.9 Å². The Kier molecular flexibility index (Phi) is 4.54. The molecular formula is C18H13ClN2O4. The topological polar surface area (TPSA) is 88.4 Å². The Labute approximate surface area is 147 Å². The van der Waals surface area contributed by atoms with Gasteiger partial charge in [-0.3, -0.25) is 20.4 Å². The number of fused-ring (bicyclic) bond motifs is 1. The molecule has 0 saturated carbocycles. The van der Waals surface area contributed by atoms with Gasteiger partial charge in [0, 0.05) is 16.0 Å². The molecule has 7 heteroatoms. The highest BCUT2D eigenvalue weighted by Crippen LogP contribution is 2.18. The van der Waals surface area contributed by atoms with Crippen LogP contribution in [0.1, 0.15) is 26.3 Å². The van der Waals surface area contributed by atoms with Crippen molar-refractivity contribution in [2.24, 2.45) is 0 Å². The highest BCUT2D eigenvalue weighted by Gasteiger charge is 2.15. The third-order valence-corrected chi connectivity index (χ3v) is 3.78. The summed E-state index contributed by atoms with van der Waals surface area (Å²) in [6, 6.07) is 12.9. The number of hydrogen-bond donors (Lipinski definition) is 2. The van der Waals surface area contributed by atoms with Crippen molar-refractivity contribution in [3.8, 4) is 0 Å². The van der Waals surface area contributed by atoms with Crippen molar-refractivity contribution < 1.29 is 14.0 Å². The van der Waals surface area contributed by atoms with Gasteiger partial charge >= 0.3 is 5.63 Å². The summed E-state index contributed by atoms with van der Waals surface area (Å²) in [6.07, 6.45) is 0. The van der Waals surface area contributed by atoms with Crippen molar-refractivity contribution in [2.45, 2.75) is 6.92 Å². The molecule has 3 rings (SSSR count).